The fraction of sp³-hybridized carbons (Fsp3) is 0.0606. The van der Waals surface area contributed by atoms with Gasteiger partial charge in [-0.25, -0.2) is 0 Å². The summed E-state index contributed by atoms with van der Waals surface area (Å²) < 4.78 is 4.07. The van der Waals surface area contributed by atoms with Gasteiger partial charge in [0, 0.05) is 79.8 Å². The number of benzene rings is 10. The second kappa shape index (κ2) is 16.4. The predicted molar refractivity (Wildman–Crippen MR) is 314 cm³/mol. The lowest BCUT2D eigenvalue weighted by molar-refractivity contribution is 0.590. The second-order valence-corrected chi connectivity index (χ2v) is 23.6. The quantitative estimate of drug-likeness (QED) is 0.154. The molecule has 5 heterocycles. The maximum absolute atomic E-state index is 2.77. The van der Waals surface area contributed by atoms with Gasteiger partial charge in [-0.2, -0.15) is 0 Å². The molecule has 0 saturated heterocycles. The van der Waals surface area contributed by atoms with Gasteiger partial charge in [-0.05, 0) is 129 Å². The molecule has 0 spiro atoms. The first kappa shape index (κ1) is 43.0. The first-order chi connectivity index (χ1) is 35.9. The summed E-state index contributed by atoms with van der Waals surface area (Å²) >= 11 is 5.74. The van der Waals surface area contributed by atoms with E-state index in [2.05, 4.69) is 260 Å². The van der Waals surface area contributed by atoms with Crippen molar-refractivity contribution < 1.29 is 0 Å². The van der Waals surface area contributed by atoms with Gasteiger partial charge in [-0.3, -0.25) is 0 Å². The molecule has 2 aromatic heterocycles. The topological polar surface area (TPSA) is 11.4 Å². The third kappa shape index (κ3) is 6.62. The minimum atomic E-state index is -0.138. The number of hydrogen-bond acceptors (Lipinski definition) is 5. The molecule has 3 aliphatic heterocycles. The Hall–Kier alpha value is -7.68. The summed E-state index contributed by atoms with van der Waals surface area (Å²) in [4.78, 5) is 11.6. The Balaban J connectivity index is 1.11. The fourth-order valence-corrected chi connectivity index (χ4v) is 15.4. The van der Waals surface area contributed by atoms with Gasteiger partial charge in [-0.15, -0.1) is 11.3 Å². The summed E-state index contributed by atoms with van der Waals surface area (Å²) in [6.45, 7) is 6.83. The van der Waals surface area contributed by atoms with E-state index in [4.69, 9.17) is 0 Å². The van der Waals surface area contributed by atoms with Crippen molar-refractivity contribution in [2.24, 2.45) is 0 Å². The predicted octanol–water partition coefficient (Wildman–Crippen LogP) is 18.1. The number of hydrogen-bond donors (Lipinski definition) is 0. The van der Waals surface area contributed by atoms with Crippen LogP contribution in [0.5, 0.6) is 0 Å². The maximum atomic E-state index is 2.77. The van der Waals surface area contributed by atoms with Crippen LogP contribution in [0.4, 0.5) is 34.1 Å². The first-order valence-corrected chi connectivity index (χ1v) is 27.6. The lowest BCUT2D eigenvalue weighted by atomic mass is 9.45. The van der Waals surface area contributed by atoms with Gasteiger partial charge >= 0.3 is 6.85 Å². The summed E-state index contributed by atoms with van der Waals surface area (Å²) in [6, 6.07) is 84.1. The Morgan fingerprint density at radius 3 is 1.75 bits per heavy atom. The molecule has 0 atom stereocenters. The van der Waals surface area contributed by atoms with E-state index in [0.717, 1.165) is 11.4 Å². The monoisotopic (exact) mass is 987 g/mol. The molecule has 0 N–H and O–H groups in total. The molecule has 0 amide bonds. The zero-order chi connectivity index (χ0) is 48.5. The van der Waals surface area contributed by atoms with Crippen LogP contribution in [-0.4, -0.2) is 11.3 Å². The third-order valence-corrected chi connectivity index (χ3v) is 18.8. The molecule has 15 rings (SSSR count). The molecule has 346 valence electrons. The van der Waals surface area contributed by atoms with Crippen LogP contribution in [0.2, 0.25) is 0 Å². The summed E-state index contributed by atoms with van der Waals surface area (Å²) in [5.41, 5.74) is 19.6. The molecule has 3 aliphatic rings. The molecule has 0 aliphatic carbocycles. The zero-order valence-electron chi connectivity index (χ0n) is 40.5. The van der Waals surface area contributed by atoms with Crippen molar-refractivity contribution in [3.8, 4) is 33.4 Å². The van der Waals surface area contributed by atoms with Crippen LogP contribution >= 0.6 is 34.9 Å². The summed E-state index contributed by atoms with van der Waals surface area (Å²) in [7, 11) is 0. The van der Waals surface area contributed by atoms with Crippen molar-refractivity contribution in [2.75, 3.05) is 9.80 Å². The average molecular weight is 988 g/mol. The lowest BCUT2D eigenvalue weighted by Gasteiger charge is -2.42. The Morgan fingerprint density at radius 1 is 0.452 bits per heavy atom. The van der Waals surface area contributed by atoms with Gasteiger partial charge in [0.1, 0.15) is 0 Å². The number of rotatable bonds is 6. The van der Waals surface area contributed by atoms with Gasteiger partial charge in [0.05, 0.1) is 16.2 Å². The van der Waals surface area contributed by atoms with Crippen LogP contribution in [-0.2, 0) is 5.41 Å². The number of fused-ring (bicyclic) bond motifs is 11. The SMILES string of the molecule is CC(C)(C)c1ccc(N2c3cc4c(cc3B3c5c(cc(-c6ccccc6)cc52)-c2ccc(N(c5ccccc5)c5ccccc5)c5c6c7ccccc7sc6n3c25)Sc2ccccc2S4)c(-c2ccccc2)c1. The zero-order valence-corrected chi connectivity index (χ0v) is 43.0. The molecule has 7 heteroatoms. The van der Waals surface area contributed by atoms with Gasteiger partial charge in [0.15, 0.2) is 0 Å². The van der Waals surface area contributed by atoms with Crippen LogP contribution in [0.1, 0.15) is 26.3 Å². The van der Waals surface area contributed by atoms with Crippen LogP contribution in [0.3, 0.4) is 0 Å². The van der Waals surface area contributed by atoms with E-state index in [-0.39, 0.29) is 12.3 Å². The molecule has 10 aromatic carbocycles. The maximum Gasteiger partial charge on any atom is 0.333 e. The summed E-state index contributed by atoms with van der Waals surface area (Å²) in [5, 5.41) is 3.88. The number of para-hydroxylation sites is 2. The highest BCUT2D eigenvalue weighted by Crippen LogP contribution is 2.56. The molecular formula is C66H46BN3S3. The van der Waals surface area contributed by atoms with E-state index >= 15 is 0 Å². The molecule has 12 aromatic rings. The van der Waals surface area contributed by atoms with E-state index in [1.165, 1.54) is 123 Å². The smallest absolute Gasteiger partial charge is 0.333 e. The van der Waals surface area contributed by atoms with E-state index in [1.54, 1.807) is 0 Å². The molecule has 0 unspecified atom stereocenters. The highest BCUT2D eigenvalue weighted by Gasteiger charge is 2.45. The molecule has 0 saturated carbocycles. The summed E-state index contributed by atoms with van der Waals surface area (Å²) in [5.74, 6) is 0. The van der Waals surface area contributed by atoms with Gasteiger partial charge in [-0.1, -0.05) is 184 Å². The number of thiophene rings is 1. The Morgan fingerprint density at radius 2 is 1.07 bits per heavy atom. The van der Waals surface area contributed by atoms with E-state index in [1.807, 2.05) is 34.9 Å². The van der Waals surface area contributed by atoms with Gasteiger partial charge in [0.25, 0.3) is 0 Å². The van der Waals surface area contributed by atoms with Crippen LogP contribution in [0.25, 0.3) is 64.6 Å². The fourth-order valence-electron chi connectivity index (χ4n) is 11.8. The van der Waals surface area contributed by atoms with Gasteiger partial charge < -0.3 is 14.3 Å². The molecule has 3 nitrogen and oxygen atoms in total. The van der Waals surface area contributed by atoms with Crippen molar-refractivity contribution in [1.82, 2.24) is 4.48 Å². The van der Waals surface area contributed by atoms with Gasteiger partial charge in [0.2, 0.25) is 0 Å². The molecule has 0 bridgehead atoms. The van der Waals surface area contributed by atoms with Crippen molar-refractivity contribution in [3.63, 3.8) is 0 Å². The van der Waals surface area contributed by atoms with E-state index in [9.17, 15) is 0 Å². The Kier molecular flexibility index (Phi) is 9.66. The van der Waals surface area contributed by atoms with Crippen LogP contribution in [0.15, 0.2) is 244 Å². The van der Waals surface area contributed by atoms with Crippen molar-refractivity contribution >= 4 is 118 Å². The van der Waals surface area contributed by atoms with E-state index < -0.39 is 0 Å². The first-order valence-electron chi connectivity index (χ1n) is 25.1. The largest absolute Gasteiger partial charge is 0.367 e. The molecular weight excluding hydrogens is 942 g/mol. The minimum Gasteiger partial charge on any atom is -0.367 e. The van der Waals surface area contributed by atoms with Crippen molar-refractivity contribution in [2.45, 2.75) is 45.8 Å². The van der Waals surface area contributed by atoms with Crippen molar-refractivity contribution in [3.05, 3.63) is 230 Å². The molecule has 0 fully saturated rings. The summed E-state index contributed by atoms with van der Waals surface area (Å²) in [6.07, 6.45) is 0. The number of anilines is 6. The number of nitrogens with zero attached hydrogens (tertiary/aromatic N) is 3. The molecule has 73 heavy (non-hydrogen) atoms. The third-order valence-electron chi connectivity index (χ3n) is 15.1. The Bertz CT molecular complexity index is 4160. The minimum absolute atomic E-state index is 0.0474. The highest BCUT2D eigenvalue weighted by atomic mass is 32.2. The van der Waals surface area contributed by atoms with E-state index in [0.29, 0.717) is 0 Å². The lowest BCUT2D eigenvalue weighted by Crippen LogP contribution is -2.56. The normalized spacial score (nSPS) is 13.2. The van der Waals surface area contributed by atoms with Crippen molar-refractivity contribution in [1.29, 1.82) is 0 Å². The Labute approximate surface area is 438 Å². The number of aromatic nitrogens is 1. The second-order valence-electron chi connectivity index (χ2n) is 20.4. The average Bonchev–Trinajstić information content (AvgIpc) is 3.99. The van der Waals surface area contributed by atoms with Crippen LogP contribution < -0.4 is 20.7 Å². The molecule has 0 radical (unpaired) electrons. The highest BCUT2D eigenvalue weighted by molar-refractivity contribution is 8.05. The van der Waals surface area contributed by atoms with Crippen LogP contribution in [0, 0.1) is 0 Å². The standard InChI is InChI=1S/C66H46BN3S3/c1-66(2,3)44-32-34-52(49(38-44)42-22-10-5-11-23-42)69-54-40-60-59(71-57-30-18-19-31-58(57)72-60)39-51(54)67-63-50(36-43(37-55(63)69)41-20-8-4-9-21-41)47-33-35-53(68(45-24-12-6-13-25-45)46-26-14-7-15-27-46)62-61-48-28-16-17-29-56(48)73-65(61)70(67)64(47)62/h4-40H,1-3H3.